The maximum absolute atomic E-state index is 11.7. The predicted octanol–water partition coefficient (Wildman–Crippen LogP) is 3.16. The van der Waals surface area contributed by atoms with Gasteiger partial charge in [0.25, 0.3) is 0 Å². The summed E-state index contributed by atoms with van der Waals surface area (Å²) in [6.07, 6.45) is 6.13. The van der Waals surface area contributed by atoms with Crippen LogP contribution in [0, 0.1) is 11.8 Å². The van der Waals surface area contributed by atoms with Crippen molar-refractivity contribution in [1.29, 1.82) is 0 Å². The molecule has 0 aromatic rings. The summed E-state index contributed by atoms with van der Waals surface area (Å²) in [5.41, 5.74) is 0.443. The SMILES string of the molecule is C=CC(C=C)C(=C)C(=O)OCCOC(=O)C(=C)C(C=C)C=C. The molecule has 0 aliphatic carbocycles. The van der Waals surface area contributed by atoms with Crippen LogP contribution in [0.15, 0.2) is 74.9 Å². The molecular weight excluding hydrogens is 280 g/mol. The second-order valence-corrected chi connectivity index (χ2v) is 4.32. The van der Waals surface area contributed by atoms with Crippen molar-refractivity contribution in [3.8, 4) is 0 Å². The molecule has 0 aromatic heterocycles. The van der Waals surface area contributed by atoms with Crippen LogP contribution in [0.25, 0.3) is 0 Å². The summed E-state index contributed by atoms with van der Waals surface area (Å²) in [4.78, 5) is 23.4. The van der Waals surface area contributed by atoms with E-state index in [1.54, 1.807) is 0 Å². The average molecular weight is 302 g/mol. The van der Waals surface area contributed by atoms with Crippen molar-refractivity contribution in [2.45, 2.75) is 0 Å². The number of carbonyl (C=O) groups excluding carboxylic acids is 2. The molecule has 0 aliphatic rings. The van der Waals surface area contributed by atoms with Crippen molar-refractivity contribution in [2.75, 3.05) is 13.2 Å². The fraction of sp³-hybridized carbons (Fsp3) is 0.222. The summed E-state index contributed by atoms with van der Waals surface area (Å²) < 4.78 is 9.90. The van der Waals surface area contributed by atoms with Gasteiger partial charge in [0.1, 0.15) is 13.2 Å². The Kier molecular flexibility index (Phi) is 8.95. The zero-order chi connectivity index (χ0) is 17.1. The predicted molar refractivity (Wildman–Crippen MR) is 88.0 cm³/mol. The molecular formula is C18H22O4. The van der Waals surface area contributed by atoms with E-state index in [1.165, 1.54) is 24.3 Å². The third-order valence-electron chi connectivity index (χ3n) is 2.89. The molecule has 0 atom stereocenters. The minimum atomic E-state index is -0.588. The smallest absolute Gasteiger partial charge is 0.334 e. The van der Waals surface area contributed by atoms with E-state index in [9.17, 15) is 9.59 Å². The van der Waals surface area contributed by atoms with Gasteiger partial charge in [0, 0.05) is 23.0 Å². The molecule has 0 rings (SSSR count). The molecule has 0 heterocycles. The van der Waals surface area contributed by atoms with E-state index in [0.29, 0.717) is 0 Å². The minimum Gasteiger partial charge on any atom is -0.459 e. The largest absolute Gasteiger partial charge is 0.459 e. The van der Waals surface area contributed by atoms with Gasteiger partial charge in [-0.05, 0) is 0 Å². The highest BCUT2D eigenvalue weighted by molar-refractivity contribution is 5.89. The standard InChI is InChI=1S/C18H22O4/c1-7-15(8-2)13(5)17(19)21-11-12-22-18(20)14(6)16(9-3)10-4/h7-10,15-16H,1-6,11-12H2. The zero-order valence-electron chi connectivity index (χ0n) is 12.8. The topological polar surface area (TPSA) is 52.6 Å². The lowest BCUT2D eigenvalue weighted by Gasteiger charge is -2.12. The first-order valence-electron chi connectivity index (χ1n) is 6.64. The molecule has 0 spiro atoms. The van der Waals surface area contributed by atoms with Crippen LogP contribution in [0.5, 0.6) is 0 Å². The quantitative estimate of drug-likeness (QED) is 0.255. The van der Waals surface area contributed by atoms with Gasteiger partial charge in [0.2, 0.25) is 0 Å². The van der Waals surface area contributed by atoms with Crippen LogP contribution >= 0.6 is 0 Å². The Morgan fingerprint density at radius 1 is 0.727 bits per heavy atom. The molecule has 0 aromatic carbocycles. The monoisotopic (exact) mass is 302 g/mol. The lowest BCUT2D eigenvalue weighted by atomic mass is 10.0. The van der Waals surface area contributed by atoms with Gasteiger partial charge >= 0.3 is 11.9 Å². The van der Waals surface area contributed by atoms with Gasteiger partial charge in [-0.1, -0.05) is 37.5 Å². The first-order chi connectivity index (χ1) is 10.4. The lowest BCUT2D eigenvalue weighted by Crippen LogP contribution is -2.19. The second kappa shape index (κ2) is 10.2. The van der Waals surface area contributed by atoms with Gasteiger partial charge in [0.05, 0.1) is 0 Å². The Balaban J connectivity index is 4.22. The fourth-order valence-corrected chi connectivity index (χ4v) is 1.49. The molecule has 22 heavy (non-hydrogen) atoms. The Bertz CT molecular complexity index is 437. The van der Waals surface area contributed by atoms with Crippen LogP contribution < -0.4 is 0 Å². The average Bonchev–Trinajstić information content (AvgIpc) is 2.53. The van der Waals surface area contributed by atoms with Crippen LogP contribution in [-0.2, 0) is 19.1 Å². The summed E-state index contributed by atoms with van der Waals surface area (Å²) in [6.45, 7) is 21.4. The lowest BCUT2D eigenvalue weighted by molar-refractivity contribution is -0.147. The summed E-state index contributed by atoms with van der Waals surface area (Å²) >= 11 is 0. The van der Waals surface area contributed by atoms with Crippen molar-refractivity contribution in [2.24, 2.45) is 11.8 Å². The van der Waals surface area contributed by atoms with Gasteiger partial charge in [-0.25, -0.2) is 9.59 Å². The van der Waals surface area contributed by atoms with Crippen molar-refractivity contribution in [3.63, 3.8) is 0 Å². The number of ether oxygens (including phenoxy) is 2. The molecule has 4 heteroatoms. The number of hydrogen-bond acceptors (Lipinski definition) is 4. The molecule has 0 saturated heterocycles. The highest BCUT2D eigenvalue weighted by atomic mass is 16.6. The molecule has 0 aliphatic heterocycles. The van der Waals surface area contributed by atoms with Crippen LogP contribution in [-0.4, -0.2) is 25.2 Å². The van der Waals surface area contributed by atoms with E-state index in [1.807, 2.05) is 0 Å². The maximum atomic E-state index is 11.7. The normalized spacial score (nSPS) is 9.73. The molecule has 0 saturated carbocycles. The Hall–Kier alpha value is -2.62. The molecule has 118 valence electrons. The maximum Gasteiger partial charge on any atom is 0.334 e. The van der Waals surface area contributed by atoms with Crippen LogP contribution in [0.2, 0.25) is 0 Å². The number of carbonyl (C=O) groups is 2. The van der Waals surface area contributed by atoms with Gasteiger partial charge in [-0.3, -0.25) is 0 Å². The Morgan fingerprint density at radius 2 is 1.00 bits per heavy atom. The van der Waals surface area contributed by atoms with Crippen LogP contribution in [0.4, 0.5) is 0 Å². The second-order valence-electron chi connectivity index (χ2n) is 4.32. The zero-order valence-corrected chi connectivity index (χ0v) is 12.8. The fourth-order valence-electron chi connectivity index (χ4n) is 1.49. The van der Waals surface area contributed by atoms with E-state index >= 15 is 0 Å². The minimum absolute atomic E-state index is 0.0786. The number of hydrogen-bond donors (Lipinski definition) is 0. The van der Waals surface area contributed by atoms with E-state index in [2.05, 4.69) is 39.5 Å². The molecule has 0 unspecified atom stereocenters. The first-order valence-corrected chi connectivity index (χ1v) is 6.64. The van der Waals surface area contributed by atoms with Gasteiger partial charge in [-0.2, -0.15) is 0 Å². The number of esters is 2. The molecule has 4 nitrogen and oxygen atoms in total. The number of allylic oxidation sites excluding steroid dienone is 4. The Labute approximate surface area is 131 Å². The third-order valence-corrected chi connectivity index (χ3v) is 2.89. The van der Waals surface area contributed by atoms with E-state index in [-0.39, 0.29) is 36.2 Å². The van der Waals surface area contributed by atoms with Gasteiger partial charge < -0.3 is 9.47 Å². The van der Waals surface area contributed by atoms with E-state index in [0.717, 1.165) is 0 Å². The molecule has 0 bridgehead atoms. The van der Waals surface area contributed by atoms with E-state index in [4.69, 9.17) is 9.47 Å². The van der Waals surface area contributed by atoms with Gasteiger partial charge in [0.15, 0.2) is 0 Å². The molecule has 0 radical (unpaired) electrons. The van der Waals surface area contributed by atoms with Gasteiger partial charge in [-0.15, -0.1) is 26.3 Å². The molecule has 0 N–H and O–H groups in total. The molecule has 0 amide bonds. The Morgan fingerprint density at radius 3 is 1.23 bits per heavy atom. The van der Waals surface area contributed by atoms with Crippen molar-refractivity contribution >= 4 is 11.9 Å². The molecule has 0 fully saturated rings. The number of rotatable bonds is 11. The summed E-state index contributed by atoms with van der Waals surface area (Å²) in [5.74, 6) is -1.88. The van der Waals surface area contributed by atoms with Crippen molar-refractivity contribution in [1.82, 2.24) is 0 Å². The van der Waals surface area contributed by atoms with Crippen LogP contribution in [0.1, 0.15) is 0 Å². The highest BCUT2D eigenvalue weighted by Gasteiger charge is 2.16. The van der Waals surface area contributed by atoms with E-state index < -0.39 is 11.9 Å². The van der Waals surface area contributed by atoms with Crippen LogP contribution in [0.3, 0.4) is 0 Å². The summed E-state index contributed by atoms with van der Waals surface area (Å²) in [6, 6.07) is 0. The first kappa shape index (κ1) is 19.4. The summed E-state index contributed by atoms with van der Waals surface area (Å²) in [5, 5.41) is 0. The van der Waals surface area contributed by atoms with Crippen molar-refractivity contribution < 1.29 is 19.1 Å². The summed E-state index contributed by atoms with van der Waals surface area (Å²) in [7, 11) is 0. The third kappa shape index (κ3) is 5.79. The highest BCUT2D eigenvalue weighted by Crippen LogP contribution is 2.14. The van der Waals surface area contributed by atoms with Crippen molar-refractivity contribution in [3.05, 3.63) is 74.9 Å².